The number of halogens is 6. The molecule has 7 nitrogen and oxygen atoms in total. The van der Waals surface area contributed by atoms with Crippen LogP contribution in [-0.4, -0.2) is 34.0 Å². The van der Waals surface area contributed by atoms with Gasteiger partial charge in [0.25, 0.3) is 5.91 Å². The van der Waals surface area contributed by atoms with Gasteiger partial charge in [-0.15, -0.1) is 0 Å². The largest absolute Gasteiger partial charge is 0.366 e. The molecule has 0 radical (unpaired) electrons. The molecule has 0 saturated heterocycles. The van der Waals surface area contributed by atoms with Gasteiger partial charge in [0.1, 0.15) is 17.5 Å². The zero-order valence-corrected chi connectivity index (χ0v) is 24.2. The second kappa shape index (κ2) is 13.4. The number of nitrogens with one attached hydrogen (secondary N) is 1. The molecule has 0 bridgehead atoms. The lowest BCUT2D eigenvalue weighted by atomic mass is 9.94. The van der Waals surface area contributed by atoms with E-state index < -0.39 is 40.5 Å². The fourth-order valence-electron chi connectivity index (χ4n) is 5.52. The van der Waals surface area contributed by atoms with Gasteiger partial charge in [-0.3, -0.25) is 19.8 Å². The highest BCUT2D eigenvalue weighted by Crippen LogP contribution is 2.37. The normalized spacial score (nSPS) is 14.0. The second-order valence-corrected chi connectivity index (χ2v) is 11.0. The van der Waals surface area contributed by atoms with Crippen LogP contribution >= 0.6 is 11.6 Å². The number of hydrogen-bond donors (Lipinski definition) is 2. The van der Waals surface area contributed by atoms with Crippen LogP contribution < -0.4 is 11.1 Å². The van der Waals surface area contributed by atoms with Crippen LogP contribution in [0.4, 0.5) is 22.0 Å². The zero-order chi connectivity index (χ0) is 31.4. The Labute approximate surface area is 255 Å². The molecule has 2 aromatic carbocycles. The van der Waals surface area contributed by atoms with Crippen molar-refractivity contribution in [2.75, 3.05) is 13.3 Å². The Kier molecular flexibility index (Phi) is 9.62. The molecule has 0 fully saturated rings. The van der Waals surface area contributed by atoms with E-state index in [-0.39, 0.29) is 31.9 Å². The Hall–Kier alpha value is -3.87. The van der Waals surface area contributed by atoms with Gasteiger partial charge in [-0.25, -0.2) is 13.2 Å². The van der Waals surface area contributed by atoms with E-state index in [2.05, 4.69) is 15.4 Å². The Morgan fingerprint density at radius 3 is 2.57 bits per heavy atom. The van der Waals surface area contributed by atoms with Gasteiger partial charge in [0.15, 0.2) is 5.69 Å². The molecule has 13 heteroatoms. The molecule has 1 aliphatic rings. The van der Waals surface area contributed by atoms with Gasteiger partial charge in [-0.1, -0.05) is 12.1 Å². The summed E-state index contributed by atoms with van der Waals surface area (Å²) < 4.78 is 77.5. The average molecular weight is 634 g/mol. The number of alkyl halides is 3. The number of amides is 1. The van der Waals surface area contributed by atoms with Crippen molar-refractivity contribution in [1.29, 1.82) is 0 Å². The van der Waals surface area contributed by atoms with E-state index in [0.29, 0.717) is 40.8 Å². The number of primary amides is 1. The molecule has 3 N–H and O–H groups in total. The van der Waals surface area contributed by atoms with Crippen LogP contribution in [0.5, 0.6) is 0 Å². The number of nitrogens with zero attached hydrogens (tertiary/aromatic N) is 3. The van der Waals surface area contributed by atoms with Gasteiger partial charge in [0, 0.05) is 29.1 Å². The first-order chi connectivity index (χ1) is 21.0. The second-order valence-electron chi connectivity index (χ2n) is 10.5. The van der Waals surface area contributed by atoms with Crippen LogP contribution in [0, 0.1) is 17.5 Å². The monoisotopic (exact) mass is 633 g/mol. The summed E-state index contributed by atoms with van der Waals surface area (Å²) in [4.78, 5) is 16.3. The van der Waals surface area contributed by atoms with E-state index in [1.54, 1.807) is 12.1 Å². The number of ether oxygens (including phenoxy) is 1. The summed E-state index contributed by atoms with van der Waals surface area (Å²) >= 11 is 5.32. The van der Waals surface area contributed by atoms with Crippen LogP contribution in [0.15, 0.2) is 54.7 Å². The van der Waals surface area contributed by atoms with E-state index in [0.717, 1.165) is 30.7 Å². The lowest BCUT2D eigenvalue weighted by molar-refractivity contribution is 0.0848. The summed E-state index contributed by atoms with van der Waals surface area (Å²) in [6, 6.07) is 9.80. The lowest BCUT2D eigenvalue weighted by Gasteiger charge is -2.22. The molecule has 4 aromatic rings. The maximum atomic E-state index is 14.2. The fourth-order valence-corrected chi connectivity index (χ4v) is 5.67. The summed E-state index contributed by atoms with van der Waals surface area (Å²) in [6.07, 6.45) is 4.37. The van der Waals surface area contributed by atoms with Gasteiger partial charge >= 0.3 is 5.38 Å². The summed E-state index contributed by atoms with van der Waals surface area (Å²) in [7, 11) is 0. The van der Waals surface area contributed by atoms with Crippen LogP contribution in [-0.2, 0) is 35.9 Å². The van der Waals surface area contributed by atoms with Crippen molar-refractivity contribution >= 4 is 17.5 Å². The third kappa shape index (κ3) is 7.25. The van der Waals surface area contributed by atoms with Crippen LogP contribution in [0.2, 0.25) is 0 Å². The first kappa shape index (κ1) is 31.6. The number of rotatable bonds is 12. The first-order valence-electron chi connectivity index (χ1n) is 14.0. The number of carbonyl (C=O) groups is 1. The number of fused-ring (bicyclic) bond motifs is 1. The summed E-state index contributed by atoms with van der Waals surface area (Å²) in [5.41, 5.74) is 7.60. The lowest BCUT2D eigenvalue weighted by Crippen LogP contribution is -2.28. The molecule has 1 amide bonds. The topological polar surface area (TPSA) is 95.1 Å². The van der Waals surface area contributed by atoms with Gasteiger partial charge in [0.05, 0.1) is 37.2 Å². The quantitative estimate of drug-likeness (QED) is 0.0842. The van der Waals surface area contributed by atoms with Crippen molar-refractivity contribution in [3.8, 4) is 11.1 Å². The molecule has 5 rings (SSSR count). The smallest absolute Gasteiger partial charge is 0.366 e. The van der Waals surface area contributed by atoms with E-state index in [1.807, 2.05) is 0 Å². The molecule has 232 valence electrons. The summed E-state index contributed by atoms with van der Waals surface area (Å²) in [6.45, 7) is 0.276. The maximum Gasteiger partial charge on any atom is 0.366 e. The number of carbonyl (C=O) groups excluding carboxylic acids is 1. The van der Waals surface area contributed by atoms with Crippen molar-refractivity contribution in [3.05, 3.63) is 106 Å². The summed E-state index contributed by atoms with van der Waals surface area (Å²) in [5, 5.41) is 3.71. The Morgan fingerprint density at radius 1 is 1.09 bits per heavy atom. The Bertz CT molecular complexity index is 1640. The zero-order valence-electron chi connectivity index (χ0n) is 23.4. The van der Waals surface area contributed by atoms with Gasteiger partial charge in [0.2, 0.25) is 0 Å². The molecule has 44 heavy (non-hydrogen) atoms. The standard InChI is InChI=1S/C31H29ClF5N5O2/c32-31(36,37)29-23-4-1-2-6-27(23)42(41-29)10-11-44-17-40-26(14-18-12-20(33)16-21(34)13-18)28-22(5-3-9-39-28)19-7-8-25(35)24(15-19)30(38)43/h3,5,7-9,12-13,15-16,26,40H,1-2,4,6,10-11,14,17H2,(H2,38,43). The highest BCUT2D eigenvalue weighted by molar-refractivity contribution is 6.21. The van der Waals surface area contributed by atoms with E-state index in [4.69, 9.17) is 22.1 Å². The number of pyridine rings is 1. The molecule has 1 aliphatic carbocycles. The molecule has 0 aliphatic heterocycles. The number of hydrogen-bond acceptors (Lipinski definition) is 5. The predicted octanol–water partition coefficient (Wildman–Crippen LogP) is 6.18. The number of nitrogens with two attached hydrogens (primary N) is 1. The van der Waals surface area contributed by atoms with E-state index >= 15 is 0 Å². The molecule has 0 spiro atoms. The predicted molar refractivity (Wildman–Crippen MR) is 154 cm³/mol. The molecular weight excluding hydrogens is 605 g/mol. The SMILES string of the molecule is NC(=O)c1cc(-c2cccnc2C(Cc2cc(F)cc(F)c2)NCOCCn2nc(C(F)(F)Cl)c3c2CCCC3)ccc1F. The molecule has 1 atom stereocenters. The highest BCUT2D eigenvalue weighted by Gasteiger charge is 2.37. The van der Waals surface area contributed by atoms with E-state index in [1.165, 1.54) is 35.1 Å². The fraction of sp³-hybridized carbons (Fsp3) is 0.323. The van der Waals surface area contributed by atoms with Crippen LogP contribution in [0.25, 0.3) is 11.1 Å². The van der Waals surface area contributed by atoms with Crippen molar-refractivity contribution in [1.82, 2.24) is 20.1 Å². The third-order valence-corrected chi connectivity index (χ3v) is 7.66. The van der Waals surface area contributed by atoms with Gasteiger partial charge in [-0.05, 0) is 85.2 Å². The number of benzene rings is 2. The Balaban J connectivity index is 1.36. The van der Waals surface area contributed by atoms with Crippen molar-refractivity contribution in [3.63, 3.8) is 0 Å². The van der Waals surface area contributed by atoms with Crippen LogP contribution in [0.3, 0.4) is 0 Å². The highest BCUT2D eigenvalue weighted by atomic mass is 35.5. The molecule has 2 heterocycles. The minimum Gasteiger partial charge on any atom is -0.366 e. The van der Waals surface area contributed by atoms with Gasteiger partial charge in [-0.2, -0.15) is 13.9 Å². The van der Waals surface area contributed by atoms with Crippen molar-refractivity contribution in [2.24, 2.45) is 5.73 Å². The van der Waals surface area contributed by atoms with E-state index in [9.17, 15) is 26.7 Å². The molecular formula is C31H29ClF5N5O2. The molecule has 0 saturated carbocycles. The molecule has 2 aromatic heterocycles. The molecule has 1 unspecified atom stereocenters. The number of aromatic nitrogens is 3. The van der Waals surface area contributed by atoms with Gasteiger partial charge < -0.3 is 10.5 Å². The van der Waals surface area contributed by atoms with Crippen molar-refractivity contribution in [2.45, 2.75) is 50.1 Å². The third-order valence-electron chi connectivity index (χ3n) is 7.48. The Morgan fingerprint density at radius 2 is 1.84 bits per heavy atom. The average Bonchev–Trinajstić information content (AvgIpc) is 3.35. The maximum absolute atomic E-state index is 14.2. The van der Waals surface area contributed by atoms with Crippen LogP contribution in [0.1, 0.15) is 57.5 Å². The van der Waals surface area contributed by atoms with Crippen molar-refractivity contribution < 1.29 is 31.5 Å². The first-order valence-corrected chi connectivity index (χ1v) is 14.4. The summed E-state index contributed by atoms with van der Waals surface area (Å²) in [5.74, 6) is -3.20. The minimum absolute atomic E-state index is 0.0452. The minimum atomic E-state index is -3.57.